The predicted octanol–water partition coefficient (Wildman–Crippen LogP) is 2.69. The first-order valence-corrected chi connectivity index (χ1v) is 5.52. The maximum atomic E-state index is 6.07. The fourth-order valence-electron chi connectivity index (χ4n) is 1.37. The van der Waals surface area contributed by atoms with Gasteiger partial charge in [-0.2, -0.15) is 0 Å². The molecule has 0 aliphatic heterocycles. The molecule has 1 aromatic carbocycles. The largest absolute Gasteiger partial charge is 0.436 e. The number of halogens is 1. The van der Waals surface area contributed by atoms with Crippen molar-refractivity contribution in [2.45, 2.75) is 13.5 Å². The van der Waals surface area contributed by atoms with E-state index in [0.29, 0.717) is 22.3 Å². The van der Waals surface area contributed by atoms with Gasteiger partial charge in [-0.05, 0) is 24.6 Å². The second-order valence-corrected chi connectivity index (χ2v) is 3.96. The molecule has 0 saturated carbocycles. The van der Waals surface area contributed by atoms with Gasteiger partial charge in [0.2, 0.25) is 5.88 Å². The van der Waals surface area contributed by atoms with E-state index in [4.69, 9.17) is 22.1 Å². The van der Waals surface area contributed by atoms with Crippen molar-refractivity contribution < 1.29 is 4.74 Å². The van der Waals surface area contributed by atoms with Gasteiger partial charge in [-0.15, -0.1) is 0 Å². The van der Waals surface area contributed by atoms with Crippen molar-refractivity contribution in [3.05, 3.63) is 46.9 Å². The highest BCUT2D eigenvalue weighted by Gasteiger charge is 2.08. The highest BCUT2D eigenvalue weighted by atomic mass is 35.5. The Hall–Kier alpha value is -1.65. The maximum Gasteiger partial charge on any atom is 0.242 e. The van der Waals surface area contributed by atoms with Gasteiger partial charge in [0, 0.05) is 18.9 Å². The third-order valence-electron chi connectivity index (χ3n) is 2.22. The standard InChI is InChI=1S/C12H12ClN3O/c1-8-2-3-11(9(13)6-8)17-12-10(7-14)15-4-5-16-12/h2-6H,7,14H2,1H3. The minimum atomic E-state index is 0.270. The number of ether oxygens (including phenoxy) is 1. The molecule has 4 nitrogen and oxygen atoms in total. The molecule has 2 N–H and O–H groups in total. The third-order valence-corrected chi connectivity index (χ3v) is 2.52. The van der Waals surface area contributed by atoms with Crippen LogP contribution in [0.1, 0.15) is 11.3 Å². The molecular weight excluding hydrogens is 238 g/mol. The van der Waals surface area contributed by atoms with Crippen LogP contribution in [0.5, 0.6) is 11.6 Å². The first kappa shape index (κ1) is 11.8. The Morgan fingerprint density at radius 1 is 1.29 bits per heavy atom. The molecule has 1 aromatic heterocycles. The van der Waals surface area contributed by atoms with Crippen LogP contribution in [0.4, 0.5) is 0 Å². The van der Waals surface area contributed by atoms with E-state index < -0.39 is 0 Å². The van der Waals surface area contributed by atoms with Gasteiger partial charge in [0.15, 0.2) is 0 Å². The zero-order chi connectivity index (χ0) is 12.3. The van der Waals surface area contributed by atoms with Crippen molar-refractivity contribution in [2.24, 2.45) is 5.73 Å². The Bertz CT molecular complexity index is 531. The van der Waals surface area contributed by atoms with E-state index in [9.17, 15) is 0 Å². The molecule has 88 valence electrons. The predicted molar refractivity (Wildman–Crippen MR) is 66.2 cm³/mol. The summed E-state index contributed by atoms with van der Waals surface area (Å²) in [7, 11) is 0. The molecule has 2 aromatic rings. The summed E-state index contributed by atoms with van der Waals surface area (Å²) in [6, 6.07) is 5.54. The minimum absolute atomic E-state index is 0.270. The maximum absolute atomic E-state index is 6.07. The van der Waals surface area contributed by atoms with Gasteiger partial charge in [0.1, 0.15) is 11.4 Å². The Morgan fingerprint density at radius 3 is 2.76 bits per heavy atom. The van der Waals surface area contributed by atoms with Gasteiger partial charge in [-0.3, -0.25) is 4.98 Å². The molecule has 1 heterocycles. The van der Waals surface area contributed by atoms with Crippen LogP contribution in [0.3, 0.4) is 0 Å². The molecule has 0 bridgehead atoms. The lowest BCUT2D eigenvalue weighted by atomic mass is 10.2. The Morgan fingerprint density at radius 2 is 2.06 bits per heavy atom. The molecule has 0 saturated heterocycles. The Labute approximate surface area is 104 Å². The quantitative estimate of drug-likeness (QED) is 0.909. The number of rotatable bonds is 3. The SMILES string of the molecule is Cc1ccc(Oc2nccnc2CN)c(Cl)c1. The van der Waals surface area contributed by atoms with Gasteiger partial charge in [-0.25, -0.2) is 4.98 Å². The second kappa shape index (κ2) is 5.12. The smallest absolute Gasteiger partial charge is 0.242 e. The van der Waals surface area contributed by atoms with Crippen molar-refractivity contribution in [1.29, 1.82) is 0 Å². The number of hydrogen-bond donors (Lipinski definition) is 1. The molecule has 0 unspecified atom stereocenters. The summed E-state index contributed by atoms with van der Waals surface area (Å²) in [5, 5.41) is 0.540. The van der Waals surface area contributed by atoms with Crippen molar-refractivity contribution in [2.75, 3.05) is 0 Å². The summed E-state index contributed by atoms with van der Waals surface area (Å²) in [5.41, 5.74) is 7.22. The van der Waals surface area contributed by atoms with Crippen molar-refractivity contribution in [3.8, 4) is 11.6 Å². The lowest BCUT2D eigenvalue weighted by molar-refractivity contribution is 0.452. The van der Waals surface area contributed by atoms with Crippen molar-refractivity contribution in [3.63, 3.8) is 0 Å². The van der Waals surface area contributed by atoms with Crippen LogP contribution in [-0.2, 0) is 6.54 Å². The van der Waals surface area contributed by atoms with E-state index in [1.165, 1.54) is 0 Å². The summed E-state index contributed by atoms with van der Waals surface area (Å²) in [4.78, 5) is 8.17. The van der Waals surface area contributed by atoms with Gasteiger partial charge in [-0.1, -0.05) is 17.7 Å². The first-order chi connectivity index (χ1) is 8.20. The molecular formula is C12H12ClN3O. The topological polar surface area (TPSA) is 61.0 Å². The zero-order valence-electron chi connectivity index (χ0n) is 9.35. The number of hydrogen-bond acceptors (Lipinski definition) is 4. The highest BCUT2D eigenvalue weighted by Crippen LogP contribution is 2.29. The molecule has 17 heavy (non-hydrogen) atoms. The second-order valence-electron chi connectivity index (χ2n) is 3.55. The fourth-order valence-corrected chi connectivity index (χ4v) is 1.65. The van der Waals surface area contributed by atoms with Gasteiger partial charge in [0.25, 0.3) is 0 Å². The average Bonchev–Trinajstić information content (AvgIpc) is 2.33. The average molecular weight is 250 g/mol. The van der Waals surface area contributed by atoms with Gasteiger partial charge in [0.05, 0.1) is 5.02 Å². The Balaban J connectivity index is 2.31. The summed E-state index contributed by atoms with van der Waals surface area (Å²) >= 11 is 6.07. The lowest BCUT2D eigenvalue weighted by Gasteiger charge is -2.09. The molecule has 0 aliphatic rings. The van der Waals surface area contributed by atoms with E-state index in [1.54, 1.807) is 18.5 Å². The number of aryl methyl sites for hydroxylation is 1. The zero-order valence-corrected chi connectivity index (χ0v) is 10.1. The van der Waals surface area contributed by atoms with Crippen molar-refractivity contribution in [1.82, 2.24) is 9.97 Å². The molecule has 0 radical (unpaired) electrons. The summed E-state index contributed by atoms with van der Waals surface area (Å²) in [5.74, 6) is 0.938. The fraction of sp³-hybridized carbons (Fsp3) is 0.167. The van der Waals surface area contributed by atoms with Gasteiger partial charge >= 0.3 is 0 Å². The highest BCUT2D eigenvalue weighted by molar-refractivity contribution is 6.32. The monoisotopic (exact) mass is 249 g/mol. The first-order valence-electron chi connectivity index (χ1n) is 5.14. The molecule has 0 amide bonds. The van der Waals surface area contributed by atoms with Crippen LogP contribution in [0.25, 0.3) is 0 Å². The van der Waals surface area contributed by atoms with E-state index in [2.05, 4.69) is 9.97 Å². The summed E-state index contributed by atoms with van der Waals surface area (Å²) in [6.07, 6.45) is 3.13. The number of nitrogens with zero attached hydrogens (tertiary/aromatic N) is 2. The van der Waals surface area contributed by atoms with Crippen LogP contribution in [0, 0.1) is 6.92 Å². The summed E-state index contributed by atoms with van der Waals surface area (Å²) < 4.78 is 5.60. The molecule has 2 rings (SSSR count). The summed E-state index contributed by atoms with van der Waals surface area (Å²) in [6.45, 7) is 2.23. The van der Waals surface area contributed by atoms with Crippen LogP contribution in [0.15, 0.2) is 30.6 Å². The number of nitrogens with two attached hydrogens (primary N) is 1. The van der Waals surface area contributed by atoms with Crippen LogP contribution < -0.4 is 10.5 Å². The lowest BCUT2D eigenvalue weighted by Crippen LogP contribution is -2.03. The van der Waals surface area contributed by atoms with Crippen LogP contribution in [0.2, 0.25) is 5.02 Å². The van der Waals surface area contributed by atoms with E-state index in [1.807, 2.05) is 19.1 Å². The molecule has 0 atom stereocenters. The number of benzene rings is 1. The molecule has 0 fully saturated rings. The Kier molecular flexibility index (Phi) is 3.56. The third kappa shape index (κ3) is 2.72. The normalized spacial score (nSPS) is 10.3. The van der Waals surface area contributed by atoms with E-state index in [-0.39, 0.29) is 6.54 Å². The molecule has 0 aliphatic carbocycles. The van der Waals surface area contributed by atoms with E-state index in [0.717, 1.165) is 5.56 Å². The molecule has 5 heteroatoms. The van der Waals surface area contributed by atoms with Gasteiger partial charge < -0.3 is 10.5 Å². The number of aromatic nitrogens is 2. The minimum Gasteiger partial charge on any atom is -0.436 e. The van der Waals surface area contributed by atoms with E-state index >= 15 is 0 Å². The van der Waals surface area contributed by atoms with Crippen LogP contribution in [-0.4, -0.2) is 9.97 Å². The molecule has 0 spiro atoms. The van der Waals surface area contributed by atoms with Crippen LogP contribution >= 0.6 is 11.6 Å². The van der Waals surface area contributed by atoms with Crippen molar-refractivity contribution >= 4 is 11.6 Å².